The van der Waals surface area contributed by atoms with Crippen molar-refractivity contribution in [3.63, 3.8) is 0 Å². The largest absolute Gasteiger partial charge is 0.493 e. The molecule has 1 atom stereocenters. The average Bonchev–Trinajstić information content (AvgIpc) is 2.84. The zero-order valence-electron chi connectivity index (χ0n) is 19.6. The number of nitrogens with zero attached hydrogens (tertiary/aromatic N) is 1. The van der Waals surface area contributed by atoms with Crippen LogP contribution in [-0.4, -0.2) is 62.2 Å². The minimum absolute atomic E-state index is 0.0470. The van der Waals surface area contributed by atoms with E-state index in [2.05, 4.69) is 5.32 Å². The molecule has 9 heteroatoms. The van der Waals surface area contributed by atoms with Crippen molar-refractivity contribution in [1.29, 1.82) is 5.41 Å². The molecule has 0 radical (unpaired) electrons. The predicted octanol–water partition coefficient (Wildman–Crippen LogP) is 1.87. The lowest BCUT2D eigenvalue weighted by molar-refractivity contribution is -0.136. The van der Waals surface area contributed by atoms with Gasteiger partial charge in [0.2, 0.25) is 11.8 Å². The fourth-order valence-corrected chi connectivity index (χ4v) is 4.00. The van der Waals surface area contributed by atoms with Crippen molar-refractivity contribution in [2.24, 2.45) is 5.73 Å². The van der Waals surface area contributed by atoms with Gasteiger partial charge in [0.05, 0.1) is 20.6 Å². The highest BCUT2D eigenvalue weighted by Gasteiger charge is 2.33. The molecule has 3 rings (SSSR count). The van der Waals surface area contributed by atoms with E-state index in [1.165, 1.54) is 14.2 Å². The number of benzene rings is 2. The number of nitrogens with two attached hydrogens (primary N) is 1. The first-order chi connectivity index (χ1) is 16.4. The van der Waals surface area contributed by atoms with Crippen molar-refractivity contribution < 1.29 is 23.8 Å². The van der Waals surface area contributed by atoms with Gasteiger partial charge in [-0.3, -0.25) is 19.9 Å². The number of rotatable bonds is 9. The molecule has 1 heterocycles. The van der Waals surface area contributed by atoms with E-state index < -0.39 is 17.9 Å². The summed E-state index contributed by atoms with van der Waals surface area (Å²) in [7, 11) is 3.05. The molecule has 1 fully saturated rings. The highest BCUT2D eigenvalue weighted by atomic mass is 16.5. The molecular weight excluding hydrogens is 436 g/mol. The van der Waals surface area contributed by atoms with Crippen LogP contribution in [0.5, 0.6) is 11.5 Å². The molecular formula is C25H32N4O5. The van der Waals surface area contributed by atoms with Gasteiger partial charge in [-0.1, -0.05) is 36.4 Å². The Hall–Kier alpha value is -3.59. The lowest BCUT2D eigenvalue weighted by Gasteiger charge is -2.32. The van der Waals surface area contributed by atoms with E-state index in [9.17, 15) is 9.59 Å². The molecule has 9 nitrogen and oxygen atoms in total. The Morgan fingerprint density at radius 2 is 1.76 bits per heavy atom. The second-order valence-electron chi connectivity index (χ2n) is 8.12. The average molecular weight is 469 g/mol. The van der Waals surface area contributed by atoms with Gasteiger partial charge in [-0.25, -0.2) is 0 Å². The van der Waals surface area contributed by atoms with Crippen molar-refractivity contribution in [2.45, 2.75) is 37.8 Å². The minimum Gasteiger partial charge on any atom is -0.493 e. The maximum Gasteiger partial charge on any atom is 0.243 e. The number of guanidine groups is 1. The van der Waals surface area contributed by atoms with Crippen LogP contribution in [0.25, 0.3) is 0 Å². The van der Waals surface area contributed by atoms with E-state index in [0.717, 1.165) is 10.5 Å². The van der Waals surface area contributed by atoms with Crippen molar-refractivity contribution in [2.75, 3.05) is 27.4 Å². The van der Waals surface area contributed by atoms with E-state index in [-0.39, 0.29) is 24.8 Å². The third-order valence-electron chi connectivity index (χ3n) is 5.79. The topological polar surface area (TPSA) is 127 Å². The van der Waals surface area contributed by atoms with Gasteiger partial charge in [0.1, 0.15) is 6.04 Å². The number of ether oxygens (including phenoxy) is 3. The molecule has 0 aromatic heterocycles. The number of amides is 2. The van der Waals surface area contributed by atoms with E-state index in [1.807, 2.05) is 30.3 Å². The normalized spacial score (nSPS) is 14.6. The molecule has 0 spiro atoms. The van der Waals surface area contributed by atoms with Crippen molar-refractivity contribution in [3.05, 3.63) is 59.7 Å². The number of hydrogen-bond donors (Lipinski definition) is 3. The Bertz CT molecular complexity index is 992. The van der Waals surface area contributed by atoms with E-state index in [0.29, 0.717) is 43.1 Å². The van der Waals surface area contributed by atoms with Crippen LogP contribution in [-0.2, 0) is 27.2 Å². The van der Waals surface area contributed by atoms with Crippen LogP contribution in [0.2, 0.25) is 0 Å². The molecule has 34 heavy (non-hydrogen) atoms. The third-order valence-corrected chi connectivity index (χ3v) is 5.79. The Balaban J connectivity index is 1.85. The van der Waals surface area contributed by atoms with Crippen molar-refractivity contribution in [3.8, 4) is 11.5 Å². The van der Waals surface area contributed by atoms with Crippen LogP contribution in [0.3, 0.4) is 0 Å². The molecule has 1 aliphatic heterocycles. The summed E-state index contributed by atoms with van der Waals surface area (Å²) in [6, 6.07) is 13.5. The Morgan fingerprint density at radius 1 is 1.09 bits per heavy atom. The van der Waals surface area contributed by atoms with E-state index in [1.54, 1.807) is 18.2 Å². The summed E-state index contributed by atoms with van der Waals surface area (Å²) in [4.78, 5) is 27.8. The zero-order chi connectivity index (χ0) is 24.5. The predicted molar refractivity (Wildman–Crippen MR) is 128 cm³/mol. The highest BCUT2D eigenvalue weighted by molar-refractivity contribution is 6.01. The van der Waals surface area contributed by atoms with Crippen LogP contribution in [0.1, 0.15) is 24.0 Å². The Kier molecular flexibility index (Phi) is 8.86. The molecule has 2 amide bonds. The first kappa shape index (κ1) is 25.0. The summed E-state index contributed by atoms with van der Waals surface area (Å²) >= 11 is 0. The molecule has 2 aromatic carbocycles. The van der Waals surface area contributed by atoms with Crippen LogP contribution >= 0.6 is 0 Å². The van der Waals surface area contributed by atoms with Gasteiger partial charge < -0.3 is 25.3 Å². The summed E-state index contributed by atoms with van der Waals surface area (Å²) in [5, 5.41) is 11.2. The number of carbonyl (C=O) groups is 2. The van der Waals surface area contributed by atoms with Crippen LogP contribution in [0.4, 0.5) is 0 Å². The van der Waals surface area contributed by atoms with Gasteiger partial charge in [0, 0.05) is 25.7 Å². The lowest BCUT2D eigenvalue weighted by atomic mass is 10.0. The van der Waals surface area contributed by atoms with Crippen LogP contribution in [0.15, 0.2) is 48.5 Å². The minimum atomic E-state index is -0.963. The van der Waals surface area contributed by atoms with E-state index >= 15 is 0 Å². The summed E-state index contributed by atoms with van der Waals surface area (Å²) < 4.78 is 16.0. The monoisotopic (exact) mass is 468 g/mol. The van der Waals surface area contributed by atoms with E-state index in [4.69, 9.17) is 25.4 Å². The lowest BCUT2D eigenvalue weighted by Crippen LogP contribution is -2.57. The van der Waals surface area contributed by atoms with Crippen LogP contribution in [0, 0.1) is 5.41 Å². The van der Waals surface area contributed by atoms with Gasteiger partial charge in [0.25, 0.3) is 0 Å². The van der Waals surface area contributed by atoms with Gasteiger partial charge >= 0.3 is 0 Å². The molecule has 1 aliphatic rings. The quantitative estimate of drug-likeness (QED) is 0.381. The maximum absolute atomic E-state index is 13.4. The molecule has 2 aromatic rings. The second kappa shape index (κ2) is 12.0. The summed E-state index contributed by atoms with van der Waals surface area (Å²) in [6.45, 7) is 1.14. The number of methoxy groups -OCH3 is 2. The van der Waals surface area contributed by atoms with Crippen molar-refractivity contribution >= 4 is 17.8 Å². The Morgan fingerprint density at radius 3 is 2.38 bits per heavy atom. The second-order valence-corrected chi connectivity index (χ2v) is 8.12. The number of carbonyl (C=O) groups excluding carboxylic acids is 2. The van der Waals surface area contributed by atoms with Gasteiger partial charge in [-0.05, 0) is 36.1 Å². The van der Waals surface area contributed by atoms with Crippen LogP contribution < -0.4 is 20.5 Å². The molecule has 182 valence electrons. The maximum atomic E-state index is 13.4. The van der Waals surface area contributed by atoms with Gasteiger partial charge in [-0.15, -0.1) is 0 Å². The Labute approximate surface area is 199 Å². The summed E-state index contributed by atoms with van der Waals surface area (Å²) in [6.07, 6.45) is 1.57. The molecule has 0 aliphatic carbocycles. The fraction of sp³-hybridized carbons (Fsp3) is 0.400. The molecule has 0 saturated carbocycles. The zero-order valence-corrected chi connectivity index (χ0v) is 19.6. The summed E-state index contributed by atoms with van der Waals surface area (Å²) in [5.41, 5.74) is 7.37. The smallest absolute Gasteiger partial charge is 0.243 e. The number of hydrogen-bond acceptors (Lipinski definition) is 6. The van der Waals surface area contributed by atoms with Crippen molar-refractivity contribution in [1.82, 2.24) is 10.2 Å². The van der Waals surface area contributed by atoms with Gasteiger partial charge in [0.15, 0.2) is 17.5 Å². The molecule has 0 bridgehead atoms. The first-order valence-corrected chi connectivity index (χ1v) is 11.2. The highest BCUT2D eigenvalue weighted by Crippen LogP contribution is 2.28. The fourth-order valence-electron chi connectivity index (χ4n) is 4.00. The molecule has 0 unspecified atom stereocenters. The first-order valence-electron chi connectivity index (χ1n) is 11.2. The van der Waals surface area contributed by atoms with Gasteiger partial charge in [-0.2, -0.15) is 0 Å². The summed E-state index contributed by atoms with van der Waals surface area (Å²) in [5.74, 6) is -0.247. The number of nitrogens with one attached hydrogen (secondary N) is 2. The third kappa shape index (κ3) is 6.48. The standard InChI is InChI=1S/C25H32N4O5/c1-32-21-9-8-18(15-22(21)33-2)16-23(30)29(25(26)27)20(14-17-6-4-3-5-7-17)24(31)28-19-10-12-34-13-11-19/h3-9,15,19-20H,10-14,16H2,1-2H3,(H3,26,27)(H,28,31)/t20-/m1/s1. The molecule has 1 saturated heterocycles. The SMILES string of the molecule is COc1ccc(CC(=O)N(C(=N)N)[C@H](Cc2ccccc2)C(=O)NC2CCOCC2)cc1OC. The molecule has 4 N–H and O–H groups in total.